The molecule has 1 rings (SSSR count). The van der Waals surface area contributed by atoms with Crippen LogP contribution in [0.5, 0.6) is 5.75 Å². The number of benzene rings is 1. The van der Waals surface area contributed by atoms with Crippen molar-refractivity contribution in [2.24, 2.45) is 5.92 Å². The Morgan fingerprint density at radius 1 is 1.24 bits per heavy atom. The molecular formula is C14H22FNO. The molecule has 1 N–H and O–H groups in total. The number of halogens is 1. The third-order valence-electron chi connectivity index (χ3n) is 2.45. The molecule has 0 spiro atoms. The Balaban J connectivity index is 2.42. The lowest BCUT2D eigenvalue weighted by atomic mass is 10.2. The quantitative estimate of drug-likeness (QED) is 0.823. The zero-order valence-electron chi connectivity index (χ0n) is 11.1. The van der Waals surface area contributed by atoms with Gasteiger partial charge < -0.3 is 10.1 Å². The minimum absolute atomic E-state index is 0.0814. The van der Waals surface area contributed by atoms with Crippen LogP contribution in [0.1, 0.15) is 26.3 Å². The van der Waals surface area contributed by atoms with E-state index in [9.17, 15) is 4.39 Å². The molecule has 2 nitrogen and oxygen atoms in total. The van der Waals surface area contributed by atoms with E-state index < -0.39 is 0 Å². The number of hydrogen-bond acceptors (Lipinski definition) is 2. The van der Waals surface area contributed by atoms with Crippen LogP contribution in [0.25, 0.3) is 0 Å². The Kier molecular flexibility index (Phi) is 5.42. The molecule has 0 fully saturated rings. The summed E-state index contributed by atoms with van der Waals surface area (Å²) in [7, 11) is 0. The molecule has 0 saturated carbocycles. The van der Waals surface area contributed by atoms with Gasteiger partial charge in [0.1, 0.15) is 17.7 Å². The standard InChI is InChI=1S/C14H22FNO/c1-10(2)8-16-9-12(4)17-14-6-5-13(15)7-11(14)3/h5-7,10,12,16H,8-9H2,1-4H3. The summed E-state index contributed by atoms with van der Waals surface area (Å²) < 4.78 is 18.7. The van der Waals surface area contributed by atoms with Crippen LogP contribution in [0.4, 0.5) is 4.39 Å². The molecule has 0 aliphatic carbocycles. The molecular weight excluding hydrogens is 217 g/mol. The van der Waals surface area contributed by atoms with E-state index >= 15 is 0 Å². The van der Waals surface area contributed by atoms with Crippen molar-refractivity contribution in [3.05, 3.63) is 29.6 Å². The Bertz CT molecular complexity index is 352. The Hall–Kier alpha value is -1.09. The zero-order valence-corrected chi connectivity index (χ0v) is 11.1. The summed E-state index contributed by atoms with van der Waals surface area (Å²) in [5.41, 5.74) is 0.834. The fourth-order valence-electron chi connectivity index (χ4n) is 1.58. The smallest absolute Gasteiger partial charge is 0.123 e. The second-order valence-electron chi connectivity index (χ2n) is 4.89. The van der Waals surface area contributed by atoms with Gasteiger partial charge in [0.2, 0.25) is 0 Å². The maximum atomic E-state index is 12.9. The van der Waals surface area contributed by atoms with Crippen molar-refractivity contribution in [2.75, 3.05) is 13.1 Å². The summed E-state index contributed by atoms with van der Waals surface area (Å²) >= 11 is 0. The molecule has 1 aromatic carbocycles. The fraction of sp³-hybridized carbons (Fsp3) is 0.571. The highest BCUT2D eigenvalue weighted by Crippen LogP contribution is 2.19. The molecule has 3 heteroatoms. The largest absolute Gasteiger partial charge is 0.489 e. The summed E-state index contributed by atoms with van der Waals surface area (Å²) in [6.07, 6.45) is 0.0814. The van der Waals surface area contributed by atoms with Gasteiger partial charge in [-0.2, -0.15) is 0 Å². The number of ether oxygens (including phenoxy) is 1. The van der Waals surface area contributed by atoms with Crippen molar-refractivity contribution in [1.29, 1.82) is 0 Å². The van der Waals surface area contributed by atoms with E-state index in [2.05, 4.69) is 19.2 Å². The van der Waals surface area contributed by atoms with E-state index in [0.29, 0.717) is 5.92 Å². The van der Waals surface area contributed by atoms with Crippen LogP contribution in [-0.4, -0.2) is 19.2 Å². The molecule has 0 radical (unpaired) electrons. The molecule has 17 heavy (non-hydrogen) atoms. The van der Waals surface area contributed by atoms with E-state index in [4.69, 9.17) is 4.74 Å². The van der Waals surface area contributed by atoms with Gasteiger partial charge in [0.05, 0.1) is 0 Å². The van der Waals surface area contributed by atoms with Crippen LogP contribution in [0.15, 0.2) is 18.2 Å². The van der Waals surface area contributed by atoms with Crippen molar-refractivity contribution in [3.8, 4) is 5.75 Å². The minimum Gasteiger partial charge on any atom is -0.489 e. The zero-order chi connectivity index (χ0) is 12.8. The second kappa shape index (κ2) is 6.60. The van der Waals surface area contributed by atoms with Gasteiger partial charge in [0, 0.05) is 6.54 Å². The van der Waals surface area contributed by atoms with Crippen molar-refractivity contribution < 1.29 is 9.13 Å². The van der Waals surface area contributed by atoms with E-state index in [1.54, 1.807) is 6.07 Å². The molecule has 1 unspecified atom stereocenters. The average Bonchev–Trinajstić information content (AvgIpc) is 2.21. The van der Waals surface area contributed by atoms with Crippen molar-refractivity contribution in [1.82, 2.24) is 5.32 Å². The van der Waals surface area contributed by atoms with Gasteiger partial charge in [-0.25, -0.2) is 4.39 Å². The second-order valence-corrected chi connectivity index (χ2v) is 4.89. The van der Waals surface area contributed by atoms with Crippen LogP contribution >= 0.6 is 0 Å². The first-order valence-electron chi connectivity index (χ1n) is 6.12. The van der Waals surface area contributed by atoms with E-state index in [1.165, 1.54) is 12.1 Å². The highest BCUT2D eigenvalue weighted by Gasteiger charge is 2.07. The van der Waals surface area contributed by atoms with E-state index in [-0.39, 0.29) is 11.9 Å². The lowest BCUT2D eigenvalue weighted by Gasteiger charge is -2.17. The molecule has 0 amide bonds. The summed E-state index contributed by atoms with van der Waals surface area (Å²) in [6, 6.07) is 4.60. The maximum absolute atomic E-state index is 12.9. The predicted molar refractivity (Wildman–Crippen MR) is 68.9 cm³/mol. The monoisotopic (exact) mass is 239 g/mol. The van der Waals surface area contributed by atoms with Gasteiger partial charge in [-0.1, -0.05) is 13.8 Å². The molecule has 0 bridgehead atoms. The lowest BCUT2D eigenvalue weighted by Crippen LogP contribution is -2.31. The third-order valence-corrected chi connectivity index (χ3v) is 2.45. The van der Waals surface area contributed by atoms with Crippen LogP contribution in [0.2, 0.25) is 0 Å². The van der Waals surface area contributed by atoms with Gasteiger partial charge in [-0.05, 0) is 50.1 Å². The highest BCUT2D eigenvalue weighted by molar-refractivity contribution is 5.32. The first kappa shape index (κ1) is 14.0. The minimum atomic E-state index is -0.222. The van der Waals surface area contributed by atoms with Crippen LogP contribution in [0.3, 0.4) is 0 Å². The number of nitrogens with one attached hydrogen (secondary N) is 1. The van der Waals surface area contributed by atoms with Crippen molar-refractivity contribution in [2.45, 2.75) is 33.8 Å². The molecule has 0 heterocycles. The first-order chi connectivity index (χ1) is 7.99. The van der Waals surface area contributed by atoms with Crippen molar-refractivity contribution in [3.63, 3.8) is 0 Å². The molecule has 0 aliphatic heterocycles. The van der Waals surface area contributed by atoms with Crippen molar-refractivity contribution >= 4 is 0 Å². The topological polar surface area (TPSA) is 21.3 Å². The van der Waals surface area contributed by atoms with E-state index in [0.717, 1.165) is 24.4 Å². The number of rotatable bonds is 6. The summed E-state index contributed by atoms with van der Waals surface area (Å²) in [4.78, 5) is 0. The maximum Gasteiger partial charge on any atom is 0.123 e. The number of aryl methyl sites for hydroxylation is 1. The lowest BCUT2D eigenvalue weighted by molar-refractivity contribution is 0.214. The highest BCUT2D eigenvalue weighted by atomic mass is 19.1. The molecule has 0 aliphatic rings. The first-order valence-corrected chi connectivity index (χ1v) is 6.12. The molecule has 0 saturated heterocycles. The molecule has 1 aromatic rings. The van der Waals surface area contributed by atoms with Crippen LogP contribution in [-0.2, 0) is 0 Å². The molecule has 0 aromatic heterocycles. The summed E-state index contributed by atoms with van der Waals surface area (Å²) in [6.45, 7) is 9.99. The normalized spacial score (nSPS) is 12.8. The number of hydrogen-bond donors (Lipinski definition) is 1. The SMILES string of the molecule is Cc1cc(F)ccc1OC(C)CNCC(C)C. The Morgan fingerprint density at radius 3 is 2.53 bits per heavy atom. The summed E-state index contributed by atoms with van der Waals surface area (Å²) in [5.74, 6) is 1.17. The van der Waals surface area contributed by atoms with Crippen LogP contribution in [0, 0.1) is 18.7 Å². The Labute approximate surface area is 103 Å². The predicted octanol–water partition coefficient (Wildman–Crippen LogP) is 3.15. The Morgan fingerprint density at radius 2 is 1.94 bits per heavy atom. The molecule has 96 valence electrons. The average molecular weight is 239 g/mol. The fourth-order valence-corrected chi connectivity index (χ4v) is 1.58. The van der Waals surface area contributed by atoms with Gasteiger partial charge >= 0.3 is 0 Å². The van der Waals surface area contributed by atoms with Gasteiger partial charge in [-0.3, -0.25) is 0 Å². The van der Waals surface area contributed by atoms with Gasteiger partial charge in [-0.15, -0.1) is 0 Å². The van der Waals surface area contributed by atoms with Crippen LogP contribution < -0.4 is 10.1 Å². The van der Waals surface area contributed by atoms with Gasteiger partial charge in [0.15, 0.2) is 0 Å². The molecule has 1 atom stereocenters. The van der Waals surface area contributed by atoms with E-state index in [1.807, 2.05) is 13.8 Å². The summed E-state index contributed by atoms with van der Waals surface area (Å²) in [5, 5.41) is 3.34. The van der Waals surface area contributed by atoms with Gasteiger partial charge in [0.25, 0.3) is 0 Å². The third kappa shape index (κ3) is 5.18.